The van der Waals surface area contributed by atoms with E-state index in [4.69, 9.17) is 9.72 Å². The van der Waals surface area contributed by atoms with Crippen molar-refractivity contribution in [3.63, 3.8) is 0 Å². The number of pyridine rings is 1. The Morgan fingerprint density at radius 2 is 1.68 bits per heavy atom. The van der Waals surface area contributed by atoms with Crippen LogP contribution in [0.25, 0.3) is 28.1 Å². The van der Waals surface area contributed by atoms with Gasteiger partial charge in [-0.15, -0.1) is 0 Å². The van der Waals surface area contributed by atoms with E-state index in [1.165, 1.54) is 17.9 Å². The minimum absolute atomic E-state index is 0.108. The first-order valence-electron chi connectivity index (χ1n) is 13.1. The Morgan fingerprint density at radius 3 is 2.44 bits per heavy atom. The quantitative estimate of drug-likeness (QED) is 0.369. The Kier molecular flexibility index (Phi) is 6.64. The Bertz CT molecular complexity index is 1790. The van der Waals surface area contributed by atoms with Gasteiger partial charge in [0.1, 0.15) is 0 Å². The maximum Gasteiger partial charge on any atom is 0.335 e. The van der Waals surface area contributed by atoms with Gasteiger partial charge in [-0.1, -0.05) is 24.3 Å². The smallest absolute Gasteiger partial charge is 0.335 e. The first kappa shape index (κ1) is 26.1. The zero-order valence-electron chi connectivity index (χ0n) is 22.2. The van der Waals surface area contributed by atoms with Crippen molar-refractivity contribution in [2.24, 2.45) is 0 Å². The summed E-state index contributed by atoms with van der Waals surface area (Å²) in [6.07, 6.45) is 1.57. The minimum atomic E-state index is -1.07. The summed E-state index contributed by atoms with van der Waals surface area (Å²) >= 11 is 0. The third-order valence-electron chi connectivity index (χ3n) is 7.26. The van der Waals surface area contributed by atoms with Crippen molar-refractivity contribution in [2.45, 2.75) is 6.92 Å². The molecule has 2 aliphatic rings. The lowest BCUT2D eigenvalue weighted by Crippen LogP contribution is -2.40. The SMILES string of the molecule is CC(=O)N1/C(=C\c2cc(-c3cccc(C(=O)O)c3)c3cc(C(=O)N4CCOCC4)ccc3n2)C(=O)c2ccccc21. The van der Waals surface area contributed by atoms with Crippen LogP contribution >= 0.6 is 0 Å². The van der Waals surface area contributed by atoms with Crippen LogP contribution in [0.1, 0.15) is 43.7 Å². The monoisotopic (exact) mass is 547 g/mol. The molecular formula is C32H25N3O6. The van der Waals surface area contributed by atoms with E-state index in [9.17, 15) is 24.3 Å². The number of hydrogen-bond acceptors (Lipinski definition) is 6. The summed E-state index contributed by atoms with van der Waals surface area (Å²) in [7, 11) is 0. The van der Waals surface area contributed by atoms with Gasteiger partial charge in [0, 0.05) is 36.5 Å². The number of carboxylic acid groups (broad SMARTS) is 1. The molecule has 9 heteroatoms. The number of allylic oxidation sites excluding steroid dienone is 1. The molecule has 1 saturated heterocycles. The van der Waals surface area contributed by atoms with Crippen molar-refractivity contribution in [3.8, 4) is 11.1 Å². The number of amides is 2. The molecule has 9 nitrogen and oxygen atoms in total. The first-order chi connectivity index (χ1) is 19.8. The molecule has 0 aliphatic carbocycles. The van der Waals surface area contributed by atoms with Gasteiger partial charge >= 0.3 is 5.97 Å². The molecule has 0 unspecified atom stereocenters. The van der Waals surface area contributed by atoms with Crippen molar-refractivity contribution in [2.75, 3.05) is 31.2 Å². The van der Waals surface area contributed by atoms with Crippen LogP contribution in [0, 0.1) is 0 Å². The molecule has 0 radical (unpaired) electrons. The Hall–Kier alpha value is -5.15. The highest BCUT2D eigenvalue weighted by Gasteiger charge is 2.34. The van der Waals surface area contributed by atoms with Gasteiger partial charge in [-0.05, 0) is 65.7 Å². The van der Waals surface area contributed by atoms with Crippen LogP contribution in [0.15, 0.2) is 78.5 Å². The molecule has 41 heavy (non-hydrogen) atoms. The maximum absolute atomic E-state index is 13.3. The Morgan fingerprint density at radius 1 is 0.902 bits per heavy atom. The molecule has 3 heterocycles. The highest BCUT2D eigenvalue weighted by Crippen LogP contribution is 2.37. The number of carbonyl (C=O) groups is 4. The minimum Gasteiger partial charge on any atom is -0.478 e. The predicted octanol–water partition coefficient (Wildman–Crippen LogP) is 4.66. The van der Waals surface area contributed by atoms with E-state index in [1.807, 2.05) is 0 Å². The van der Waals surface area contributed by atoms with Crippen LogP contribution in [0.3, 0.4) is 0 Å². The van der Waals surface area contributed by atoms with Crippen LogP contribution in [-0.4, -0.2) is 64.9 Å². The van der Waals surface area contributed by atoms with Gasteiger partial charge < -0.3 is 14.7 Å². The largest absolute Gasteiger partial charge is 0.478 e. The van der Waals surface area contributed by atoms with Gasteiger partial charge in [-0.25, -0.2) is 9.78 Å². The molecule has 0 spiro atoms. The number of carboxylic acids is 1. The van der Waals surface area contributed by atoms with E-state index in [-0.39, 0.29) is 28.9 Å². The molecule has 4 aromatic rings. The summed E-state index contributed by atoms with van der Waals surface area (Å²) in [6, 6.07) is 20.4. The molecule has 1 aromatic heterocycles. The third kappa shape index (κ3) is 4.76. The molecular weight excluding hydrogens is 522 g/mol. The van der Waals surface area contributed by atoms with Crippen molar-refractivity contribution >= 4 is 46.2 Å². The normalized spacial score (nSPS) is 15.8. The lowest BCUT2D eigenvalue weighted by atomic mass is 9.96. The number of ketones is 1. The fourth-order valence-electron chi connectivity index (χ4n) is 5.30. The standard InChI is InChI=1S/C32H25N3O6/c1-19(36)35-28-8-3-2-7-24(28)30(37)29(35)18-23-17-25(20-5-4-6-22(15-20)32(39)40)26-16-21(9-10-27(26)33-23)31(38)34-11-13-41-14-12-34/h2-10,15-18H,11-14H2,1H3,(H,39,40)/b29-18-. The Labute approximate surface area is 235 Å². The number of ether oxygens (including phenoxy) is 1. The van der Waals surface area contributed by atoms with Crippen LogP contribution in [0.2, 0.25) is 0 Å². The molecule has 0 atom stereocenters. The molecule has 1 fully saturated rings. The summed E-state index contributed by atoms with van der Waals surface area (Å²) in [5.74, 6) is -1.80. The van der Waals surface area contributed by atoms with E-state index >= 15 is 0 Å². The third-order valence-corrected chi connectivity index (χ3v) is 7.26. The van der Waals surface area contributed by atoms with E-state index < -0.39 is 5.97 Å². The molecule has 2 amide bonds. The number of carbonyl (C=O) groups excluding carboxylic acids is 3. The van der Waals surface area contributed by atoms with Gasteiger partial charge in [0.25, 0.3) is 5.91 Å². The van der Waals surface area contributed by atoms with Crippen molar-refractivity contribution in [1.82, 2.24) is 9.88 Å². The predicted molar refractivity (Wildman–Crippen MR) is 153 cm³/mol. The zero-order valence-corrected chi connectivity index (χ0v) is 22.2. The Balaban J connectivity index is 1.52. The van der Waals surface area contributed by atoms with Gasteiger partial charge in [-0.3, -0.25) is 19.3 Å². The van der Waals surface area contributed by atoms with Gasteiger partial charge in [0.15, 0.2) is 0 Å². The maximum atomic E-state index is 13.3. The summed E-state index contributed by atoms with van der Waals surface area (Å²) in [5.41, 5.74) is 3.90. The topological polar surface area (TPSA) is 117 Å². The second-order valence-corrected chi connectivity index (χ2v) is 9.85. The van der Waals surface area contributed by atoms with Gasteiger partial charge in [0.05, 0.1) is 41.4 Å². The summed E-state index contributed by atoms with van der Waals surface area (Å²) in [5, 5.41) is 10.3. The number of Topliss-reactive ketones (excluding diaryl/α,β-unsaturated/α-hetero) is 1. The second-order valence-electron chi connectivity index (χ2n) is 9.85. The summed E-state index contributed by atoms with van der Waals surface area (Å²) in [4.78, 5) is 58.8. The number of benzene rings is 3. The highest BCUT2D eigenvalue weighted by atomic mass is 16.5. The number of morpholine rings is 1. The van der Waals surface area contributed by atoms with Crippen LogP contribution in [-0.2, 0) is 9.53 Å². The number of para-hydroxylation sites is 1. The fourth-order valence-corrected chi connectivity index (χ4v) is 5.30. The number of hydrogen-bond donors (Lipinski definition) is 1. The molecule has 0 bridgehead atoms. The van der Waals surface area contributed by atoms with E-state index in [0.717, 1.165) is 0 Å². The zero-order chi connectivity index (χ0) is 28.7. The van der Waals surface area contributed by atoms with E-state index in [2.05, 4.69) is 0 Å². The molecule has 6 rings (SSSR count). The number of anilines is 1. The van der Waals surface area contributed by atoms with Gasteiger partial charge in [0.2, 0.25) is 11.7 Å². The molecule has 3 aromatic carbocycles. The lowest BCUT2D eigenvalue weighted by molar-refractivity contribution is -0.116. The second kappa shape index (κ2) is 10.4. The number of aromatic nitrogens is 1. The van der Waals surface area contributed by atoms with Crippen LogP contribution < -0.4 is 4.90 Å². The number of rotatable bonds is 4. The van der Waals surface area contributed by atoms with Crippen LogP contribution in [0.5, 0.6) is 0 Å². The average Bonchev–Trinajstić information content (AvgIpc) is 3.27. The summed E-state index contributed by atoms with van der Waals surface area (Å²) in [6.45, 7) is 3.35. The van der Waals surface area contributed by atoms with Gasteiger partial charge in [-0.2, -0.15) is 0 Å². The van der Waals surface area contributed by atoms with E-state index in [0.29, 0.717) is 70.8 Å². The first-order valence-corrected chi connectivity index (χ1v) is 13.1. The molecule has 1 N–H and O–H groups in total. The fraction of sp³-hybridized carbons (Fsp3) is 0.156. The van der Waals surface area contributed by atoms with Crippen molar-refractivity contribution < 1.29 is 29.0 Å². The summed E-state index contributed by atoms with van der Waals surface area (Å²) < 4.78 is 5.38. The van der Waals surface area contributed by atoms with Crippen LogP contribution in [0.4, 0.5) is 5.69 Å². The highest BCUT2D eigenvalue weighted by molar-refractivity contribution is 6.26. The lowest BCUT2D eigenvalue weighted by Gasteiger charge is -2.27. The molecule has 204 valence electrons. The number of aromatic carboxylic acids is 1. The molecule has 0 saturated carbocycles. The van der Waals surface area contributed by atoms with Crippen molar-refractivity contribution in [1.29, 1.82) is 0 Å². The number of fused-ring (bicyclic) bond motifs is 2. The number of nitrogens with zero attached hydrogens (tertiary/aromatic N) is 3. The van der Waals surface area contributed by atoms with E-state index in [1.54, 1.807) is 77.7 Å². The van der Waals surface area contributed by atoms with Crippen molar-refractivity contribution in [3.05, 3.63) is 101 Å². The average molecular weight is 548 g/mol. The molecule has 2 aliphatic heterocycles.